The largest absolute Gasteiger partial charge is 0.433 e. The molecule has 1 aromatic rings. The van der Waals surface area contributed by atoms with E-state index in [0.717, 1.165) is 6.07 Å². The Morgan fingerprint density at radius 3 is 2.00 bits per heavy atom. The Morgan fingerprint density at radius 1 is 1.05 bits per heavy atom. The van der Waals surface area contributed by atoms with Gasteiger partial charge in [0.2, 0.25) is 5.95 Å². The lowest BCUT2D eigenvalue weighted by atomic mass is 10.1. The van der Waals surface area contributed by atoms with E-state index in [1.807, 2.05) is 20.8 Å². The molecule has 0 fully saturated rings. The minimum Gasteiger partial charge on any atom is -0.363 e. The molecule has 0 aliphatic rings. The predicted octanol–water partition coefficient (Wildman–Crippen LogP) is 3.04. The van der Waals surface area contributed by atoms with Crippen LogP contribution in [0.4, 0.5) is 24.9 Å². The molecule has 0 aliphatic heterocycles. The van der Waals surface area contributed by atoms with Crippen molar-refractivity contribution in [1.29, 1.82) is 0 Å². The average Bonchev–Trinajstić information content (AvgIpc) is 2.35. The summed E-state index contributed by atoms with van der Waals surface area (Å²) in [7, 11) is 5.01. The van der Waals surface area contributed by atoms with Crippen molar-refractivity contribution in [2.45, 2.75) is 33.0 Å². The Bertz CT molecular complexity index is 457. The molecule has 1 atom stereocenters. The van der Waals surface area contributed by atoms with Crippen LogP contribution in [0.5, 0.6) is 0 Å². The Balaban J connectivity index is 3.29. The van der Waals surface area contributed by atoms with Crippen LogP contribution in [-0.4, -0.2) is 37.2 Å². The van der Waals surface area contributed by atoms with Gasteiger partial charge in [0.25, 0.3) is 0 Å². The minimum atomic E-state index is -4.48. The van der Waals surface area contributed by atoms with Gasteiger partial charge in [0.05, 0.1) is 0 Å². The summed E-state index contributed by atoms with van der Waals surface area (Å²) < 4.78 is 38.7. The summed E-state index contributed by atoms with van der Waals surface area (Å²) in [6, 6.07) is 0.991. The molecular formula is C13H21F3N4. The topological polar surface area (TPSA) is 32.3 Å². The van der Waals surface area contributed by atoms with Crippen LogP contribution in [0.2, 0.25) is 0 Å². The summed E-state index contributed by atoms with van der Waals surface area (Å²) in [6.45, 7) is 5.94. The van der Waals surface area contributed by atoms with Crippen molar-refractivity contribution in [2.24, 2.45) is 5.92 Å². The number of rotatable bonds is 4. The van der Waals surface area contributed by atoms with Gasteiger partial charge in [-0.2, -0.15) is 18.2 Å². The molecule has 0 radical (unpaired) electrons. The van der Waals surface area contributed by atoms with Gasteiger partial charge in [0, 0.05) is 33.3 Å². The number of aromatic nitrogens is 2. The van der Waals surface area contributed by atoms with E-state index in [9.17, 15) is 13.2 Å². The molecule has 1 rings (SSSR count). The standard InChI is InChI=1S/C13H21F3N4/c1-8(2)9(3)20(6)12-17-10(13(14,15)16)7-11(18-12)19(4)5/h7-9H,1-6H3. The normalized spacial score (nSPS) is 13.5. The second kappa shape index (κ2) is 5.85. The maximum Gasteiger partial charge on any atom is 0.433 e. The van der Waals surface area contributed by atoms with Gasteiger partial charge in [-0.1, -0.05) is 13.8 Å². The van der Waals surface area contributed by atoms with Crippen molar-refractivity contribution in [3.8, 4) is 0 Å². The second-order valence-electron chi connectivity index (χ2n) is 5.40. The molecular weight excluding hydrogens is 269 g/mol. The summed E-state index contributed by atoms with van der Waals surface area (Å²) in [5.41, 5.74) is -0.922. The van der Waals surface area contributed by atoms with Crippen LogP contribution in [0.3, 0.4) is 0 Å². The van der Waals surface area contributed by atoms with Gasteiger partial charge in [0.15, 0.2) is 5.69 Å². The highest BCUT2D eigenvalue weighted by atomic mass is 19.4. The molecule has 1 unspecified atom stereocenters. The predicted molar refractivity (Wildman–Crippen MR) is 74.1 cm³/mol. The van der Waals surface area contributed by atoms with Crippen LogP contribution < -0.4 is 9.80 Å². The van der Waals surface area contributed by atoms with Gasteiger partial charge in [0.1, 0.15) is 5.82 Å². The second-order valence-corrected chi connectivity index (χ2v) is 5.40. The fourth-order valence-electron chi connectivity index (χ4n) is 1.58. The first-order chi connectivity index (χ1) is 9.04. The minimum absolute atomic E-state index is 0.0356. The molecule has 0 saturated carbocycles. The summed E-state index contributed by atoms with van der Waals surface area (Å²) >= 11 is 0. The highest BCUT2D eigenvalue weighted by Gasteiger charge is 2.34. The number of anilines is 2. The quantitative estimate of drug-likeness (QED) is 0.853. The van der Waals surface area contributed by atoms with Gasteiger partial charge in [-0.3, -0.25) is 0 Å². The smallest absolute Gasteiger partial charge is 0.363 e. The zero-order valence-electron chi connectivity index (χ0n) is 12.7. The third-order valence-corrected chi connectivity index (χ3v) is 3.34. The molecule has 0 bridgehead atoms. The third-order valence-electron chi connectivity index (χ3n) is 3.34. The van der Waals surface area contributed by atoms with Crippen LogP contribution in [0.25, 0.3) is 0 Å². The van der Waals surface area contributed by atoms with E-state index >= 15 is 0 Å². The third kappa shape index (κ3) is 3.74. The Kier molecular flexibility index (Phi) is 4.83. The lowest BCUT2D eigenvalue weighted by Gasteiger charge is -2.29. The maximum absolute atomic E-state index is 12.9. The zero-order valence-corrected chi connectivity index (χ0v) is 12.7. The molecule has 0 spiro atoms. The van der Waals surface area contributed by atoms with Crippen molar-refractivity contribution in [3.63, 3.8) is 0 Å². The van der Waals surface area contributed by atoms with Crippen LogP contribution >= 0.6 is 0 Å². The van der Waals surface area contributed by atoms with Gasteiger partial charge in [-0.25, -0.2) is 4.98 Å². The lowest BCUT2D eigenvalue weighted by Crippen LogP contribution is -2.35. The first-order valence-electron chi connectivity index (χ1n) is 6.40. The van der Waals surface area contributed by atoms with E-state index in [1.165, 1.54) is 4.90 Å². The molecule has 7 heteroatoms. The maximum atomic E-state index is 12.9. The van der Waals surface area contributed by atoms with E-state index in [1.54, 1.807) is 26.0 Å². The van der Waals surface area contributed by atoms with Gasteiger partial charge in [-0.15, -0.1) is 0 Å². The van der Waals surface area contributed by atoms with Crippen molar-refractivity contribution < 1.29 is 13.2 Å². The SMILES string of the molecule is CC(C)C(C)N(C)c1nc(N(C)C)cc(C(F)(F)F)n1. The number of hydrogen-bond acceptors (Lipinski definition) is 4. The monoisotopic (exact) mass is 290 g/mol. The first kappa shape index (κ1) is 16.5. The van der Waals surface area contributed by atoms with Crippen LogP contribution in [-0.2, 0) is 6.18 Å². The Hall–Kier alpha value is -1.53. The van der Waals surface area contributed by atoms with E-state index in [0.29, 0.717) is 0 Å². The van der Waals surface area contributed by atoms with Crippen molar-refractivity contribution in [1.82, 2.24) is 9.97 Å². The van der Waals surface area contributed by atoms with Gasteiger partial charge < -0.3 is 9.80 Å². The highest BCUT2D eigenvalue weighted by Crippen LogP contribution is 2.31. The molecule has 4 nitrogen and oxygen atoms in total. The molecule has 20 heavy (non-hydrogen) atoms. The van der Waals surface area contributed by atoms with Gasteiger partial charge in [-0.05, 0) is 12.8 Å². The van der Waals surface area contributed by atoms with Crippen molar-refractivity contribution >= 4 is 11.8 Å². The summed E-state index contributed by atoms with van der Waals surface area (Å²) in [5, 5.41) is 0. The zero-order chi connectivity index (χ0) is 15.7. The van der Waals surface area contributed by atoms with E-state index in [4.69, 9.17) is 0 Å². The van der Waals surface area contributed by atoms with Crippen LogP contribution in [0, 0.1) is 5.92 Å². The van der Waals surface area contributed by atoms with Crippen LogP contribution in [0.15, 0.2) is 6.07 Å². The number of nitrogens with zero attached hydrogens (tertiary/aromatic N) is 4. The van der Waals surface area contributed by atoms with Crippen LogP contribution in [0.1, 0.15) is 26.5 Å². The number of alkyl halides is 3. The molecule has 0 N–H and O–H groups in total. The summed E-state index contributed by atoms with van der Waals surface area (Å²) in [5.74, 6) is 0.607. The lowest BCUT2D eigenvalue weighted by molar-refractivity contribution is -0.141. The molecule has 0 saturated heterocycles. The highest BCUT2D eigenvalue weighted by molar-refractivity contribution is 5.45. The van der Waals surface area contributed by atoms with E-state index in [-0.39, 0.29) is 23.7 Å². The molecule has 114 valence electrons. The average molecular weight is 290 g/mol. The van der Waals surface area contributed by atoms with E-state index < -0.39 is 11.9 Å². The summed E-state index contributed by atoms with van der Waals surface area (Å²) in [4.78, 5) is 11.1. The van der Waals surface area contributed by atoms with Crippen molar-refractivity contribution in [2.75, 3.05) is 30.9 Å². The molecule has 1 heterocycles. The van der Waals surface area contributed by atoms with Gasteiger partial charge >= 0.3 is 6.18 Å². The van der Waals surface area contributed by atoms with E-state index in [2.05, 4.69) is 9.97 Å². The molecule has 0 aromatic carbocycles. The fourth-order valence-corrected chi connectivity index (χ4v) is 1.58. The Labute approximate surface area is 117 Å². The molecule has 0 aliphatic carbocycles. The number of hydrogen-bond donors (Lipinski definition) is 0. The van der Waals surface area contributed by atoms with Crippen molar-refractivity contribution in [3.05, 3.63) is 11.8 Å². The first-order valence-corrected chi connectivity index (χ1v) is 6.40. The molecule has 0 amide bonds. The Morgan fingerprint density at radius 2 is 1.60 bits per heavy atom. The molecule has 1 aromatic heterocycles. The summed E-state index contributed by atoms with van der Waals surface area (Å²) in [6.07, 6.45) is -4.48. The number of halogens is 3. The fraction of sp³-hybridized carbons (Fsp3) is 0.692.